The summed E-state index contributed by atoms with van der Waals surface area (Å²) in [7, 11) is 0. The molecule has 2 rings (SSSR count). The van der Waals surface area contributed by atoms with Crippen LogP contribution in [-0.2, 0) is 4.79 Å². The van der Waals surface area contributed by atoms with E-state index in [1.54, 1.807) is 0 Å². The van der Waals surface area contributed by atoms with Gasteiger partial charge in [-0.3, -0.25) is 9.69 Å². The van der Waals surface area contributed by atoms with E-state index in [-0.39, 0.29) is 16.3 Å². The molecular formula is C14H20FN3OS. The minimum atomic E-state index is -0.407. The third-order valence-electron chi connectivity index (χ3n) is 3.16. The molecule has 6 heteroatoms. The molecule has 1 fully saturated rings. The minimum Gasteiger partial charge on any atom is -0.397 e. The fourth-order valence-corrected chi connectivity index (χ4v) is 3.47. The number of nitrogen functional groups attached to an aromatic ring is 1. The molecule has 20 heavy (non-hydrogen) atoms. The molecule has 1 saturated heterocycles. The smallest absolute Gasteiger partial charge is 0.238 e. The number of carbonyl (C=O) groups excluding carboxylic acids is 1. The van der Waals surface area contributed by atoms with Crippen molar-refractivity contribution < 1.29 is 9.18 Å². The zero-order chi connectivity index (χ0) is 14.8. The van der Waals surface area contributed by atoms with Crippen molar-refractivity contribution in [1.29, 1.82) is 0 Å². The summed E-state index contributed by atoms with van der Waals surface area (Å²) in [5.41, 5.74) is 6.38. The molecule has 3 N–H and O–H groups in total. The van der Waals surface area contributed by atoms with Gasteiger partial charge in [0.2, 0.25) is 5.91 Å². The molecule has 0 radical (unpaired) electrons. The summed E-state index contributed by atoms with van der Waals surface area (Å²) in [4.78, 5) is 14.2. The molecule has 0 atom stereocenters. The second-order valence-electron chi connectivity index (χ2n) is 5.60. The summed E-state index contributed by atoms with van der Waals surface area (Å²) in [5.74, 6) is 0.500. The standard InChI is InChI=1S/C14H20FN3OS/c1-14(2)9-18(5-6-20-14)8-13(19)17-12-4-3-10(15)7-11(12)16/h3-4,7H,5-6,8-9,16H2,1-2H3,(H,17,19). The maximum atomic E-state index is 12.9. The lowest BCUT2D eigenvalue weighted by Gasteiger charge is -2.37. The molecule has 4 nitrogen and oxygen atoms in total. The van der Waals surface area contributed by atoms with Crippen LogP contribution in [0.3, 0.4) is 0 Å². The fraction of sp³-hybridized carbons (Fsp3) is 0.500. The Bertz CT molecular complexity index is 507. The lowest BCUT2D eigenvalue weighted by Crippen LogP contribution is -2.46. The van der Waals surface area contributed by atoms with Crippen molar-refractivity contribution >= 4 is 29.0 Å². The van der Waals surface area contributed by atoms with Crippen LogP contribution in [0.5, 0.6) is 0 Å². The van der Waals surface area contributed by atoms with Crippen LogP contribution >= 0.6 is 11.8 Å². The maximum absolute atomic E-state index is 12.9. The van der Waals surface area contributed by atoms with Crippen LogP contribution in [0.2, 0.25) is 0 Å². The van der Waals surface area contributed by atoms with Gasteiger partial charge in [-0.15, -0.1) is 0 Å². The van der Waals surface area contributed by atoms with Gasteiger partial charge in [-0.05, 0) is 32.0 Å². The Balaban J connectivity index is 1.92. The monoisotopic (exact) mass is 297 g/mol. The molecule has 0 unspecified atom stereocenters. The first kappa shape index (κ1) is 15.1. The van der Waals surface area contributed by atoms with Crippen molar-refractivity contribution in [3.8, 4) is 0 Å². The van der Waals surface area contributed by atoms with E-state index in [1.807, 2.05) is 11.8 Å². The fourth-order valence-electron chi connectivity index (χ4n) is 2.29. The number of amides is 1. The molecule has 0 aliphatic carbocycles. The SMILES string of the molecule is CC1(C)CN(CC(=O)Nc2ccc(F)cc2N)CCS1. The number of benzene rings is 1. The van der Waals surface area contributed by atoms with Gasteiger partial charge in [0.25, 0.3) is 0 Å². The minimum absolute atomic E-state index is 0.119. The number of rotatable bonds is 3. The van der Waals surface area contributed by atoms with Crippen LogP contribution in [0.25, 0.3) is 0 Å². The Morgan fingerprint density at radius 2 is 2.30 bits per heavy atom. The lowest BCUT2D eigenvalue weighted by molar-refractivity contribution is -0.117. The molecule has 1 aromatic carbocycles. The van der Waals surface area contributed by atoms with Crippen LogP contribution < -0.4 is 11.1 Å². The first-order valence-electron chi connectivity index (χ1n) is 6.57. The second-order valence-corrected chi connectivity index (χ2v) is 7.40. The highest BCUT2D eigenvalue weighted by atomic mass is 32.2. The molecule has 0 saturated carbocycles. The normalized spacial score (nSPS) is 18.8. The maximum Gasteiger partial charge on any atom is 0.238 e. The molecule has 0 bridgehead atoms. The van der Waals surface area contributed by atoms with E-state index in [9.17, 15) is 9.18 Å². The number of nitrogens with one attached hydrogen (secondary N) is 1. The third kappa shape index (κ3) is 4.11. The lowest BCUT2D eigenvalue weighted by atomic mass is 10.2. The summed E-state index contributed by atoms with van der Waals surface area (Å²) >= 11 is 1.92. The van der Waals surface area contributed by atoms with E-state index in [1.165, 1.54) is 18.2 Å². The largest absolute Gasteiger partial charge is 0.397 e. The molecule has 1 heterocycles. The number of carbonyl (C=O) groups is 1. The average molecular weight is 297 g/mol. The van der Waals surface area contributed by atoms with E-state index < -0.39 is 5.82 Å². The topological polar surface area (TPSA) is 58.4 Å². The third-order valence-corrected chi connectivity index (χ3v) is 4.46. The van der Waals surface area contributed by atoms with Crippen molar-refractivity contribution in [2.24, 2.45) is 0 Å². The molecule has 0 aromatic heterocycles. The summed E-state index contributed by atoms with van der Waals surface area (Å²) in [6.45, 7) is 6.48. The Kier molecular flexibility index (Phi) is 4.55. The number of thioether (sulfide) groups is 1. The van der Waals surface area contributed by atoms with Crippen LogP contribution in [0.4, 0.5) is 15.8 Å². The Morgan fingerprint density at radius 1 is 1.55 bits per heavy atom. The summed E-state index contributed by atoms with van der Waals surface area (Å²) < 4.78 is 13.1. The number of halogens is 1. The predicted molar refractivity (Wildman–Crippen MR) is 82.4 cm³/mol. The Labute approximate surface area is 122 Å². The molecule has 1 aliphatic heterocycles. The first-order valence-corrected chi connectivity index (χ1v) is 7.55. The quantitative estimate of drug-likeness (QED) is 0.840. The average Bonchev–Trinajstić information content (AvgIpc) is 2.31. The van der Waals surface area contributed by atoms with E-state index in [4.69, 9.17) is 5.73 Å². The van der Waals surface area contributed by atoms with Gasteiger partial charge < -0.3 is 11.1 Å². The number of hydrogen-bond donors (Lipinski definition) is 2. The van der Waals surface area contributed by atoms with E-state index >= 15 is 0 Å². The van der Waals surface area contributed by atoms with Crippen molar-refractivity contribution in [3.63, 3.8) is 0 Å². The van der Waals surface area contributed by atoms with Gasteiger partial charge >= 0.3 is 0 Å². The number of nitrogens with two attached hydrogens (primary N) is 1. The number of nitrogens with zero attached hydrogens (tertiary/aromatic N) is 1. The van der Waals surface area contributed by atoms with Crippen LogP contribution in [0, 0.1) is 5.82 Å². The van der Waals surface area contributed by atoms with E-state index in [0.717, 1.165) is 18.8 Å². The molecule has 110 valence electrons. The Hall–Kier alpha value is -1.27. The van der Waals surface area contributed by atoms with Gasteiger partial charge in [-0.25, -0.2) is 4.39 Å². The van der Waals surface area contributed by atoms with E-state index in [0.29, 0.717) is 12.2 Å². The van der Waals surface area contributed by atoms with Crippen LogP contribution in [0.1, 0.15) is 13.8 Å². The zero-order valence-corrected chi connectivity index (χ0v) is 12.6. The number of anilines is 2. The Morgan fingerprint density at radius 3 is 2.95 bits per heavy atom. The zero-order valence-electron chi connectivity index (χ0n) is 11.8. The van der Waals surface area contributed by atoms with E-state index in [2.05, 4.69) is 24.1 Å². The first-order chi connectivity index (χ1) is 9.35. The molecule has 1 aromatic rings. The predicted octanol–water partition coefficient (Wildman–Crippen LogP) is 2.17. The summed E-state index contributed by atoms with van der Waals surface area (Å²) in [6, 6.07) is 3.97. The van der Waals surface area contributed by atoms with Gasteiger partial charge in [0.05, 0.1) is 17.9 Å². The van der Waals surface area contributed by atoms with Crippen molar-refractivity contribution in [3.05, 3.63) is 24.0 Å². The number of hydrogen-bond acceptors (Lipinski definition) is 4. The second kappa shape index (κ2) is 6.01. The highest BCUT2D eigenvalue weighted by molar-refractivity contribution is 8.00. The van der Waals surface area contributed by atoms with Gasteiger partial charge in [0.1, 0.15) is 5.82 Å². The highest BCUT2D eigenvalue weighted by Gasteiger charge is 2.27. The summed E-state index contributed by atoms with van der Waals surface area (Å²) in [5, 5.41) is 2.73. The van der Waals surface area contributed by atoms with Gasteiger partial charge in [-0.1, -0.05) is 0 Å². The molecular weight excluding hydrogens is 277 g/mol. The molecule has 1 amide bonds. The van der Waals surface area contributed by atoms with Crippen LogP contribution in [-0.4, -0.2) is 40.9 Å². The summed E-state index contributed by atoms with van der Waals surface area (Å²) in [6.07, 6.45) is 0. The molecule has 1 aliphatic rings. The highest BCUT2D eigenvalue weighted by Crippen LogP contribution is 2.29. The van der Waals surface area contributed by atoms with Gasteiger partial charge in [0.15, 0.2) is 0 Å². The van der Waals surface area contributed by atoms with Crippen molar-refractivity contribution in [2.75, 3.05) is 36.4 Å². The molecule has 0 spiro atoms. The van der Waals surface area contributed by atoms with Gasteiger partial charge in [0, 0.05) is 23.6 Å². The van der Waals surface area contributed by atoms with Gasteiger partial charge in [-0.2, -0.15) is 11.8 Å². The van der Waals surface area contributed by atoms with Crippen LogP contribution in [0.15, 0.2) is 18.2 Å². The van der Waals surface area contributed by atoms with Crippen molar-refractivity contribution in [1.82, 2.24) is 4.90 Å². The van der Waals surface area contributed by atoms with Crippen molar-refractivity contribution in [2.45, 2.75) is 18.6 Å².